The van der Waals surface area contributed by atoms with Gasteiger partial charge in [0.05, 0.1) is 4.90 Å². The lowest BCUT2D eigenvalue weighted by Gasteiger charge is -2.39. The van der Waals surface area contributed by atoms with Crippen LogP contribution in [-0.4, -0.2) is 70.6 Å². The lowest BCUT2D eigenvalue weighted by atomic mass is 9.98. The Labute approximate surface area is 164 Å². The first kappa shape index (κ1) is 21.0. The van der Waals surface area contributed by atoms with Crippen molar-refractivity contribution in [1.29, 1.82) is 0 Å². The van der Waals surface area contributed by atoms with Crippen molar-refractivity contribution in [1.82, 2.24) is 5.16 Å². The predicted molar refractivity (Wildman–Crippen MR) is 96.4 cm³/mol. The largest absolute Gasteiger partial charge is 0.479 e. The SMILES string of the molecule is Cc1cc(NS(=O)(=O)c2ccc(NC3OC(C(=O)O)C(O)C(O)C3O)cc2)no1. The molecule has 3 rings (SSSR count). The Morgan fingerprint density at radius 1 is 1.10 bits per heavy atom. The number of aliphatic carboxylic acids is 1. The lowest BCUT2D eigenvalue weighted by molar-refractivity contribution is -0.221. The summed E-state index contributed by atoms with van der Waals surface area (Å²) in [4.78, 5) is 11.0. The van der Waals surface area contributed by atoms with Gasteiger partial charge in [-0.05, 0) is 31.2 Å². The molecule has 0 radical (unpaired) electrons. The molecule has 1 fully saturated rings. The molecule has 1 aliphatic rings. The molecule has 0 saturated carbocycles. The average Bonchev–Trinajstić information content (AvgIpc) is 3.06. The van der Waals surface area contributed by atoms with Crippen LogP contribution in [0.15, 0.2) is 39.8 Å². The van der Waals surface area contributed by atoms with Gasteiger partial charge in [0.2, 0.25) is 0 Å². The minimum Gasteiger partial charge on any atom is -0.479 e. The summed E-state index contributed by atoms with van der Waals surface area (Å²) < 4.78 is 36.9. The highest BCUT2D eigenvalue weighted by Crippen LogP contribution is 2.24. The Bertz CT molecular complexity index is 976. The first-order valence-corrected chi connectivity index (χ1v) is 9.82. The zero-order valence-electron chi connectivity index (χ0n) is 15.0. The van der Waals surface area contributed by atoms with Gasteiger partial charge in [0.15, 0.2) is 18.1 Å². The Morgan fingerprint density at radius 2 is 1.76 bits per heavy atom. The molecule has 29 heavy (non-hydrogen) atoms. The van der Waals surface area contributed by atoms with E-state index in [0.29, 0.717) is 5.76 Å². The summed E-state index contributed by atoms with van der Waals surface area (Å²) in [6.07, 6.45) is -8.29. The van der Waals surface area contributed by atoms with Gasteiger partial charge in [0, 0.05) is 11.8 Å². The standard InChI is InChI=1S/C16H19N3O9S/c1-7-6-10(18-28-7)19-29(25,26)9-4-2-8(3-5-9)17-15-13(22)11(20)12(21)14(27-15)16(23)24/h2-6,11-15,17,20-22H,1H3,(H,18,19)(H,23,24). The van der Waals surface area contributed by atoms with E-state index in [0.717, 1.165) is 0 Å². The second kappa shape index (κ2) is 7.96. The number of carboxylic acids is 1. The molecule has 0 bridgehead atoms. The number of anilines is 2. The number of hydrogen-bond acceptors (Lipinski definition) is 10. The van der Waals surface area contributed by atoms with E-state index in [1.54, 1.807) is 6.92 Å². The van der Waals surface area contributed by atoms with Crippen LogP contribution in [0.2, 0.25) is 0 Å². The molecule has 2 heterocycles. The van der Waals surface area contributed by atoms with Gasteiger partial charge >= 0.3 is 5.97 Å². The molecule has 0 spiro atoms. The molecule has 1 aromatic heterocycles. The number of aliphatic hydroxyl groups excluding tert-OH is 3. The minimum atomic E-state index is -3.93. The van der Waals surface area contributed by atoms with E-state index in [4.69, 9.17) is 14.4 Å². The van der Waals surface area contributed by atoms with Gasteiger partial charge in [-0.3, -0.25) is 4.72 Å². The van der Waals surface area contributed by atoms with Crippen molar-refractivity contribution in [2.24, 2.45) is 0 Å². The first-order valence-electron chi connectivity index (χ1n) is 8.34. The highest BCUT2D eigenvalue weighted by Gasteiger charge is 2.46. The number of benzene rings is 1. The zero-order valence-corrected chi connectivity index (χ0v) is 15.8. The molecule has 5 atom stereocenters. The van der Waals surface area contributed by atoms with Crippen LogP contribution in [0, 0.1) is 6.92 Å². The van der Waals surface area contributed by atoms with Gasteiger partial charge < -0.3 is 35.0 Å². The van der Waals surface area contributed by atoms with Crippen LogP contribution in [0.25, 0.3) is 0 Å². The maximum atomic E-state index is 12.4. The minimum absolute atomic E-state index is 0.0238. The average molecular weight is 429 g/mol. The van der Waals surface area contributed by atoms with Crippen LogP contribution in [-0.2, 0) is 19.6 Å². The molecule has 1 saturated heterocycles. The molecule has 5 unspecified atom stereocenters. The van der Waals surface area contributed by atoms with Crippen LogP contribution in [0.4, 0.5) is 11.5 Å². The number of aryl methyl sites for hydroxylation is 1. The van der Waals surface area contributed by atoms with Crippen LogP contribution in [0.3, 0.4) is 0 Å². The van der Waals surface area contributed by atoms with E-state index in [9.17, 15) is 28.5 Å². The monoisotopic (exact) mass is 429 g/mol. The van der Waals surface area contributed by atoms with Crippen molar-refractivity contribution in [3.63, 3.8) is 0 Å². The summed E-state index contributed by atoms with van der Waals surface area (Å²) in [7, 11) is -3.93. The predicted octanol–water partition coefficient (Wildman–Crippen LogP) is -0.912. The smallest absolute Gasteiger partial charge is 0.335 e. The van der Waals surface area contributed by atoms with Gasteiger partial charge in [-0.1, -0.05) is 5.16 Å². The fourth-order valence-corrected chi connectivity index (χ4v) is 3.69. The third-order valence-electron chi connectivity index (χ3n) is 4.20. The van der Waals surface area contributed by atoms with E-state index in [2.05, 4.69) is 15.2 Å². The molecule has 2 aromatic rings. The number of carboxylic acid groups (broad SMARTS) is 1. The Morgan fingerprint density at radius 3 is 2.31 bits per heavy atom. The lowest BCUT2D eigenvalue weighted by Crippen LogP contribution is -2.61. The van der Waals surface area contributed by atoms with Crippen molar-refractivity contribution in [2.45, 2.75) is 42.5 Å². The summed E-state index contributed by atoms with van der Waals surface area (Å²) in [5.74, 6) is -1.05. The summed E-state index contributed by atoms with van der Waals surface area (Å²) in [5.41, 5.74) is 0.276. The van der Waals surface area contributed by atoms with Crippen molar-refractivity contribution in [2.75, 3.05) is 10.0 Å². The second-order valence-corrected chi connectivity index (χ2v) is 8.07. The summed E-state index contributed by atoms with van der Waals surface area (Å²) in [6, 6.07) is 6.63. The van der Waals surface area contributed by atoms with E-state index in [-0.39, 0.29) is 16.4 Å². The number of sulfonamides is 1. The van der Waals surface area contributed by atoms with Crippen LogP contribution in [0.5, 0.6) is 0 Å². The second-order valence-electron chi connectivity index (χ2n) is 6.38. The number of aromatic nitrogens is 1. The number of ether oxygens (including phenoxy) is 1. The summed E-state index contributed by atoms with van der Waals surface area (Å²) in [6.45, 7) is 1.61. The van der Waals surface area contributed by atoms with Crippen molar-refractivity contribution in [3.05, 3.63) is 36.1 Å². The molecule has 0 aliphatic carbocycles. The Balaban J connectivity index is 1.72. The molecule has 12 nitrogen and oxygen atoms in total. The molecular formula is C16H19N3O9S. The fourth-order valence-electron chi connectivity index (χ4n) is 2.71. The third kappa shape index (κ3) is 4.49. The fraction of sp³-hybridized carbons (Fsp3) is 0.375. The van der Waals surface area contributed by atoms with E-state index >= 15 is 0 Å². The Kier molecular flexibility index (Phi) is 5.77. The highest BCUT2D eigenvalue weighted by atomic mass is 32.2. The van der Waals surface area contributed by atoms with Gasteiger partial charge in [0.25, 0.3) is 10.0 Å². The van der Waals surface area contributed by atoms with Gasteiger partial charge in [-0.15, -0.1) is 0 Å². The molecule has 0 amide bonds. The van der Waals surface area contributed by atoms with Crippen LogP contribution < -0.4 is 10.0 Å². The van der Waals surface area contributed by atoms with E-state index in [1.165, 1.54) is 30.3 Å². The quantitative estimate of drug-likeness (QED) is 0.333. The zero-order chi connectivity index (χ0) is 21.3. The summed E-state index contributed by atoms with van der Waals surface area (Å²) in [5, 5.41) is 44.8. The number of nitrogens with one attached hydrogen (secondary N) is 2. The van der Waals surface area contributed by atoms with Crippen LogP contribution in [0.1, 0.15) is 5.76 Å². The van der Waals surface area contributed by atoms with Gasteiger partial charge in [0.1, 0.15) is 24.1 Å². The number of hydrogen-bond donors (Lipinski definition) is 6. The molecule has 13 heteroatoms. The highest BCUT2D eigenvalue weighted by molar-refractivity contribution is 7.92. The molecule has 1 aliphatic heterocycles. The number of aliphatic hydroxyl groups is 3. The maximum absolute atomic E-state index is 12.4. The molecular weight excluding hydrogens is 410 g/mol. The molecule has 6 N–H and O–H groups in total. The normalized spacial score (nSPS) is 27.4. The van der Waals surface area contributed by atoms with Gasteiger partial charge in [-0.2, -0.15) is 0 Å². The molecule has 158 valence electrons. The van der Waals surface area contributed by atoms with E-state index in [1.807, 2.05) is 0 Å². The summed E-state index contributed by atoms with van der Waals surface area (Å²) >= 11 is 0. The van der Waals surface area contributed by atoms with Crippen LogP contribution >= 0.6 is 0 Å². The van der Waals surface area contributed by atoms with Crippen molar-refractivity contribution in [3.8, 4) is 0 Å². The molecule has 1 aromatic carbocycles. The van der Waals surface area contributed by atoms with Crippen molar-refractivity contribution >= 4 is 27.5 Å². The van der Waals surface area contributed by atoms with Crippen molar-refractivity contribution < 1.29 is 42.9 Å². The Hall–Kier alpha value is -2.71. The number of nitrogens with zero attached hydrogens (tertiary/aromatic N) is 1. The number of rotatable bonds is 6. The van der Waals surface area contributed by atoms with E-state index < -0.39 is 46.6 Å². The first-order chi connectivity index (χ1) is 13.6. The van der Waals surface area contributed by atoms with Gasteiger partial charge in [-0.25, -0.2) is 13.2 Å². The topological polar surface area (TPSA) is 191 Å². The number of carbonyl (C=O) groups is 1. The third-order valence-corrected chi connectivity index (χ3v) is 5.57. The maximum Gasteiger partial charge on any atom is 0.335 e.